The van der Waals surface area contributed by atoms with Gasteiger partial charge in [-0.1, -0.05) is 6.92 Å². The Morgan fingerprint density at radius 2 is 1.46 bits per heavy atom. The molecule has 6 nitrogen and oxygen atoms in total. The number of nitrogens with zero attached hydrogens (tertiary/aromatic N) is 1. The Bertz CT molecular complexity index is 313. The first-order chi connectivity index (χ1) is 5.69. The van der Waals surface area contributed by atoms with Crippen LogP contribution in [0, 0.1) is 0 Å². The van der Waals surface area contributed by atoms with E-state index in [0.29, 0.717) is 13.0 Å². The van der Waals surface area contributed by atoms with Crippen molar-refractivity contribution in [2.24, 2.45) is 0 Å². The van der Waals surface area contributed by atoms with Crippen LogP contribution in [0.1, 0.15) is 13.3 Å². The fourth-order valence-corrected chi connectivity index (χ4v) is 3.30. The Hall–Kier alpha value is -0.180. The maximum absolute atomic E-state index is 11.0. The zero-order chi connectivity index (χ0) is 10.7. The van der Waals surface area contributed by atoms with Crippen LogP contribution in [0.15, 0.2) is 0 Å². The van der Waals surface area contributed by atoms with Gasteiger partial charge in [0.1, 0.15) is 0 Å². The number of hydrazine groups is 1. The van der Waals surface area contributed by atoms with Crippen LogP contribution in [0.5, 0.6) is 0 Å². The summed E-state index contributed by atoms with van der Waals surface area (Å²) in [5.74, 6) is 0. The first-order valence-corrected chi connectivity index (χ1v) is 7.33. The van der Waals surface area contributed by atoms with E-state index < -0.39 is 20.0 Å². The van der Waals surface area contributed by atoms with Crippen LogP contribution in [0.3, 0.4) is 0 Å². The van der Waals surface area contributed by atoms with Gasteiger partial charge in [-0.15, -0.1) is 0 Å². The van der Waals surface area contributed by atoms with Gasteiger partial charge in [-0.05, 0) is 10.2 Å². The number of sulfonamides is 2. The van der Waals surface area contributed by atoms with E-state index >= 15 is 0 Å². The second-order valence-electron chi connectivity index (χ2n) is 2.63. The molecule has 0 aromatic carbocycles. The van der Waals surface area contributed by atoms with Crippen molar-refractivity contribution in [2.75, 3.05) is 19.1 Å². The molecule has 0 amide bonds. The van der Waals surface area contributed by atoms with Gasteiger partial charge in [0.15, 0.2) is 0 Å². The lowest BCUT2D eigenvalue weighted by atomic mass is 10.5. The highest BCUT2D eigenvalue weighted by Gasteiger charge is 2.25. The summed E-state index contributed by atoms with van der Waals surface area (Å²) in [5.41, 5.74) is 2.31. The average molecular weight is 230 g/mol. The molecule has 0 atom stereocenters. The zero-order valence-electron chi connectivity index (χ0n) is 7.81. The van der Waals surface area contributed by atoms with Gasteiger partial charge in [-0.2, -0.15) is 0 Å². The summed E-state index contributed by atoms with van der Waals surface area (Å²) in [7, 11) is -7.52. The van der Waals surface area contributed by atoms with E-state index in [-0.39, 0.29) is 3.82 Å². The quantitative estimate of drug-likeness (QED) is 0.620. The van der Waals surface area contributed by atoms with E-state index in [1.807, 2.05) is 0 Å². The molecule has 0 aromatic rings. The minimum absolute atomic E-state index is 0.281. The van der Waals surface area contributed by atoms with Crippen LogP contribution in [-0.4, -0.2) is 39.7 Å². The molecular formula is C5H14N2O4S2. The summed E-state index contributed by atoms with van der Waals surface area (Å²) in [6, 6.07) is 0. The molecular weight excluding hydrogens is 216 g/mol. The van der Waals surface area contributed by atoms with E-state index in [9.17, 15) is 16.8 Å². The Morgan fingerprint density at radius 3 is 1.69 bits per heavy atom. The van der Waals surface area contributed by atoms with Crippen LogP contribution in [0.2, 0.25) is 0 Å². The van der Waals surface area contributed by atoms with Crippen molar-refractivity contribution >= 4 is 20.0 Å². The van der Waals surface area contributed by atoms with Gasteiger partial charge in [0.05, 0.1) is 12.5 Å². The Balaban J connectivity index is 4.81. The van der Waals surface area contributed by atoms with Gasteiger partial charge in [-0.3, -0.25) is 0 Å². The molecule has 13 heavy (non-hydrogen) atoms. The van der Waals surface area contributed by atoms with Crippen LogP contribution in [0.25, 0.3) is 0 Å². The third kappa shape index (κ3) is 4.55. The molecule has 1 N–H and O–H groups in total. The molecule has 0 rings (SSSR count). The molecule has 0 aliphatic heterocycles. The van der Waals surface area contributed by atoms with E-state index in [1.54, 1.807) is 6.92 Å². The number of hydrogen-bond acceptors (Lipinski definition) is 5. The van der Waals surface area contributed by atoms with E-state index in [2.05, 4.69) is 5.43 Å². The normalized spacial score (nSPS) is 13.5. The highest BCUT2D eigenvalue weighted by molar-refractivity contribution is 8.03. The molecule has 0 bridgehead atoms. The first-order valence-electron chi connectivity index (χ1n) is 3.63. The Kier molecular flexibility index (Phi) is 4.30. The van der Waals surface area contributed by atoms with E-state index in [4.69, 9.17) is 0 Å². The van der Waals surface area contributed by atoms with Gasteiger partial charge in [-0.25, -0.2) is 22.3 Å². The molecule has 80 valence electrons. The molecule has 0 aliphatic rings. The van der Waals surface area contributed by atoms with Gasteiger partial charge in [0.2, 0.25) is 20.0 Å². The smallest absolute Gasteiger partial charge is 0.227 e. The van der Waals surface area contributed by atoms with Crippen LogP contribution in [-0.2, 0) is 20.0 Å². The standard InChI is InChI=1S/C5H14N2O4S2/c1-4-5-6-7(12(2,8)9)13(3,10)11/h6H,4-5H2,1-3H3. The molecule has 0 aromatic heterocycles. The third-order valence-corrected chi connectivity index (χ3v) is 4.18. The highest BCUT2D eigenvalue weighted by Crippen LogP contribution is 2.00. The molecule has 0 saturated heterocycles. The van der Waals surface area contributed by atoms with Crippen LogP contribution < -0.4 is 5.43 Å². The van der Waals surface area contributed by atoms with Crippen molar-refractivity contribution in [3.05, 3.63) is 0 Å². The lowest BCUT2D eigenvalue weighted by Gasteiger charge is -2.17. The fourth-order valence-electron chi connectivity index (χ4n) is 0.684. The lowest BCUT2D eigenvalue weighted by Crippen LogP contribution is -2.46. The lowest BCUT2D eigenvalue weighted by molar-refractivity contribution is 0.429. The number of hydrogen-bond donors (Lipinski definition) is 1. The van der Waals surface area contributed by atoms with E-state index in [1.165, 1.54) is 0 Å². The fraction of sp³-hybridized carbons (Fsp3) is 1.00. The molecule has 0 fully saturated rings. The second kappa shape index (κ2) is 4.36. The monoisotopic (exact) mass is 230 g/mol. The SMILES string of the molecule is CCCNN(S(C)(=O)=O)S(C)(=O)=O. The van der Waals surface area contributed by atoms with Crippen LogP contribution in [0.4, 0.5) is 0 Å². The topological polar surface area (TPSA) is 83.6 Å². The summed E-state index contributed by atoms with van der Waals surface area (Å²) >= 11 is 0. The largest absolute Gasteiger partial charge is 0.237 e. The Morgan fingerprint density at radius 1 is 1.08 bits per heavy atom. The van der Waals surface area contributed by atoms with Crippen molar-refractivity contribution in [2.45, 2.75) is 13.3 Å². The number of rotatable bonds is 5. The summed E-state index contributed by atoms with van der Waals surface area (Å²) in [6.45, 7) is 2.09. The van der Waals surface area contributed by atoms with Gasteiger partial charge in [0, 0.05) is 6.54 Å². The van der Waals surface area contributed by atoms with Crippen molar-refractivity contribution in [1.82, 2.24) is 9.25 Å². The summed E-state index contributed by atoms with van der Waals surface area (Å²) < 4.78 is 44.2. The molecule has 0 heterocycles. The zero-order valence-corrected chi connectivity index (χ0v) is 9.44. The van der Waals surface area contributed by atoms with Gasteiger partial charge in [0.25, 0.3) is 0 Å². The molecule has 0 saturated carbocycles. The maximum atomic E-state index is 11.0. The Labute approximate surface area is 79.0 Å². The minimum atomic E-state index is -3.76. The van der Waals surface area contributed by atoms with Gasteiger partial charge >= 0.3 is 0 Å². The van der Waals surface area contributed by atoms with Crippen LogP contribution >= 0.6 is 0 Å². The number of nitrogens with one attached hydrogen (secondary N) is 1. The molecule has 0 spiro atoms. The summed E-state index contributed by atoms with van der Waals surface area (Å²) in [5, 5.41) is 0. The van der Waals surface area contributed by atoms with Crippen molar-refractivity contribution in [3.63, 3.8) is 0 Å². The van der Waals surface area contributed by atoms with Crippen molar-refractivity contribution in [1.29, 1.82) is 0 Å². The minimum Gasteiger partial charge on any atom is -0.227 e. The summed E-state index contributed by atoms with van der Waals surface area (Å²) in [4.78, 5) is 0. The highest BCUT2D eigenvalue weighted by atomic mass is 32.3. The molecule has 0 unspecified atom stereocenters. The predicted octanol–water partition coefficient (Wildman–Crippen LogP) is -0.878. The third-order valence-electron chi connectivity index (χ3n) is 1.09. The molecule has 0 radical (unpaired) electrons. The maximum Gasteiger partial charge on any atom is 0.237 e. The summed E-state index contributed by atoms with van der Waals surface area (Å²) in [6.07, 6.45) is 2.30. The van der Waals surface area contributed by atoms with Gasteiger partial charge < -0.3 is 0 Å². The second-order valence-corrected chi connectivity index (χ2v) is 6.52. The van der Waals surface area contributed by atoms with Crippen molar-refractivity contribution < 1.29 is 16.8 Å². The van der Waals surface area contributed by atoms with Crippen molar-refractivity contribution in [3.8, 4) is 0 Å². The average Bonchev–Trinajstić information content (AvgIpc) is 1.81. The first kappa shape index (κ1) is 12.8. The van der Waals surface area contributed by atoms with E-state index in [0.717, 1.165) is 12.5 Å². The predicted molar refractivity (Wildman–Crippen MR) is 49.8 cm³/mol. The molecule has 8 heteroatoms. The molecule has 0 aliphatic carbocycles.